The van der Waals surface area contributed by atoms with Gasteiger partial charge in [0.15, 0.2) is 5.37 Å². The van der Waals surface area contributed by atoms with Crippen LogP contribution in [0.25, 0.3) is 0 Å². The highest BCUT2D eigenvalue weighted by molar-refractivity contribution is 7.92. The Labute approximate surface area is 115 Å². The van der Waals surface area contributed by atoms with E-state index in [9.17, 15) is 30.4 Å². The van der Waals surface area contributed by atoms with Gasteiger partial charge < -0.3 is 4.48 Å². The fourth-order valence-electron chi connectivity index (χ4n) is 2.84. The van der Waals surface area contributed by atoms with Crippen LogP contribution in [-0.2, 0) is 9.84 Å². The summed E-state index contributed by atoms with van der Waals surface area (Å²) in [5, 5.41) is -7.40. The van der Waals surface area contributed by atoms with Gasteiger partial charge in [-0.3, -0.25) is 0 Å². The molecule has 1 aliphatic rings. The van der Waals surface area contributed by atoms with Crippen LogP contribution in [0, 0.1) is 0 Å². The predicted molar refractivity (Wildman–Crippen MR) is 63.8 cm³/mol. The summed E-state index contributed by atoms with van der Waals surface area (Å²) >= 11 is 0. The van der Waals surface area contributed by atoms with Gasteiger partial charge in [0.2, 0.25) is 0 Å². The molecule has 120 valence electrons. The van der Waals surface area contributed by atoms with E-state index in [1.54, 1.807) is 6.92 Å². The molecule has 1 saturated heterocycles. The smallest absolute Gasteiger partial charge is 0.311 e. The lowest BCUT2D eigenvalue weighted by molar-refractivity contribution is -0.925. The monoisotopic (exact) mass is 324 g/mol. The second-order valence-electron chi connectivity index (χ2n) is 5.44. The molecular formula is C11H19F5NO2S+. The maximum Gasteiger partial charge on any atom is 0.469 e. The number of hydrogen-bond donors (Lipinski definition) is 0. The topological polar surface area (TPSA) is 34.1 Å². The van der Waals surface area contributed by atoms with Gasteiger partial charge in [-0.2, -0.15) is 22.0 Å². The maximum absolute atomic E-state index is 13.4. The van der Waals surface area contributed by atoms with Crippen molar-refractivity contribution in [2.75, 3.05) is 20.1 Å². The summed E-state index contributed by atoms with van der Waals surface area (Å²) in [6.45, 7) is 2.30. The summed E-state index contributed by atoms with van der Waals surface area (Å²) in [5.41, 5.74) is 0. The van der Waals surface area contributed by atoms with E-state index in [0.717, 1.165) is 0 Å². The van der Waals surface area contributed by atoms with E-state index in [4.69, 9.17) is 0 Å². The highest BCUT2D eigenvalue weighted by Crippen LogP contribution is 2.45. The first-order valence-electron chi connectivity index (χ1n) is 6.42. The number of nitrogens with zero attached hydrogens (tertiary/aromatic N) is 1. The van der Waals surface area contributed by atoms with Crippen LogP contribution in [-0.4, -0.2) is 49.8 Å². The van der Waals surface area contributed by atoms with Crippen molar-refractivity contribution in [2.45, 2.75) is 49.4 Å². The Morgan fingerprint density at radius 3 is 2.15 bits per heavy atom. The Kier molecular flexibility index (Phi) is 4.75. The molecule has 3 nitrogen and oxygen atoms in total. The first-order valence-corrected chi connectivity index (χ1v) is 7.97. The molecule has 0 aromatic carbocycles. The number of sulfone groups is 1. The van der Waals surface area contributed by atoms with Crippen molar-refractivity contribution >= 4 is 9.84 Å². The van der Waals surface area contributed by atoms with Crippen LogP contribution in [0.4, 0.5) is 22.0 Å². The van der Waals surface area contributed by atoms with Crippen LogP contribution >= 0.6 is 0 Å². The molecule has 0 aromatic rings. The average molecular weight is 324 g/mol. The van der Waals surface area contributed by atoms with Gasteiger partial charge in [0.05, 0.1) is 20.1 Å². The third kappa shape index (κ3) is 2.79. The van der Waals surface area contributed by atoms with Gasteiger partial charge in [-0.25, -0.2) is 8.42 Å². The molecule has 1 fully saturated rings. The lowest BCUT2D eigenvalue weighted by Crippen LogP contribution is -2.63. The zero-order valence-electron chi connectivity index (χ0n) is 11.4. The van der Waals surface area contributed by atoms with Crippen molar-refractivity contribution in [3.05, 3.63) is 0 Å². The molecule has 0 amide bonds. The summed E-state index contributed by atoms with van der Waals surface area (Å²) < 4.78 is 87.3. The van der Waals surface area contributed by atoms with Crippen molar-refractivity contribution in [3.63, 3.8) is 0 Å². The molecule has 20 heavy (non-hydrogen) atoms. The van der Waals surface area contributed by atoms with E-state index >= 15 is 0 Å². The van der Waals surface area contributed by atoms with Crippen LogP contribution in [0.3, 0.4) is 0 Å². The lowest BCUT2D eigenvalue weighted by atomic mass is 10.1. The number of rotatable bonds is 4. The standard InChI is InChI=1S/C11H19F5NO2S/c1-3-7-17(2)8-5-4-6-9(17)20(18,19)11(15,16)10(12,13)14/h9H,3-8H2,1-2H3/q+1. The fourth-order valence-corrected chi connectivity index (χ4v) is 4.86. The molecule has 0 aromatic heterocycles. The van der Waals surface area contributed by atoms with Gasteiger partial charge >= 0.3 is 11.4 Å². The van der Waals surface area contributed by atoms with E-state index in [2.05, 4.69) is 0 Å². The molecule has 1 heterocycles. The van der Waals surface area contributed by atoms with Crippen LogP contribution < -0.4 is 0 Å². The summed E-state index contributed by atoms with van der Waals surface area (Å²) in [4.78, 5) is 0. The Bertz CT molecular complexity index is 444. The molecule has 1 rings (SSSR count). The third-order valence-corrected chi connectivity index (χ3v) is 6.25. The van der Waals surface area contributed by atoms with Crippen molar-refractivity contribution in [2.24, 2.45) is 0 Å². The zero-order chi connectivity index (χ0) is 15.8. The molecule has 0 bridgehead atoms. The van der Waals surface area contributed by atoms with Gasteiger partial charge in [0.1, 0.15) is 0 Å². The molecule has 0 radical (unpaired) electrons. The minimum atomic E-state index is -6.08. The summed E-state index contributed by atoms with van der Waals surface area (Å²) in [5.74, 6) is 0. The molecular weight excluding hydrogens is 305 g/mol. The Morgan fingerprint density at radius 1 is 1.15 bits per heavy atom. The minimum absolute atomic E-state index is 0.162. The van der Waals surface area contributed by atoms with Crippen LogP contribution in [0.5, 0.6) is 0 Å². The van der Waals surface area contributed by atoms with E-state index in [1.807, 2.05) is 0 Å². The third-order valence-electron chi connectivity index (χ3n) is 3.85. The molecule has 2 atom stereocenters. The normalized spacial score (nSPS) is 29.4. The van der Waals surface area contributed by atoms with Gasteiger partial charge in [-0.15, -0.1) is 0 Å². The molecule has 0 saturated carbocycles. The second kappa shape index (κ2) is 5.40. The summed E-state index contributed by atoms with van der Waals surface area (Å²) in [7, 11) is -4.19. The average Bonchev–Trinajstić information content (AvgIpc) is 2.27. The Morgan fingerprint density at radius 2 is 1.70 bits per heavy atom. The SMILES string of the molecule is CCC[N+]1(C)CCCCC1S(=O)(=O)C(F)(F)C(F)(F)F. The van der Waals surface area contributed by atoms with E-state index in [1.165, 1.54) is 7.05 Å². The molecule has 0 N–H and O–H groups in total. The number of hydrogen-bond acceptors (Lipinski definition) is 2. The fraction of sp³-hybridized carbons (Fsp3) is 1.00. The minimum Gasteiger partial charge on any atom is -0.311 e. The lowest BCUT2D eigenvalue weighted by Gasteiger charge is -2.44. The van der Waals surface area contributed by atoms with Gasteiger partial charge in [0.25, 0.3) is 9.84 Å². The van der Waals surface area contributed by atoms with Crippen LogP contribution in [0.1, 0.15) is 32.6 Å². The number of halogens is 5. The van der Waals surface area contributed by atoms with Crippen LogP contribution in [0.15, 0.2) is 0 Å². The van der Waals surface area contributed by atoms with Crippen molar-refractivity contribution in [1.29, 1.82) is 0 Å². The first kappa shape index (κ1) is 17.6. The molecule has 9 heteroatoms. The van der Waals surface area contributed by atoms with Gasteiger partial charge in [-0.05, 0) is 19.3 Å². The zero-order valence-corrected chi connectivity index (χ0v) is 12.2. The number of piperidine rings is 1. The van der Waals surface area contributed by atoms with Gasteiger partial charge in [0, 0.05) is 6.42 Å². The summed E-state index contributed by atoms with van der Waals surface area (Å²) in [6, 6.07) is 0. The Balaban J connectivity index is 3.25. The van der Waals surface area contributed by atoms with E-state index < -0.39 is 26.6 Å². The molecule has 2 unspecified atom stereocenters. The Hall–Kier alpha value is -0.440. The number of likely N-dealkylation sites (tertiary alicyclic amines) is 1. The first-order chi connectivity index (χ1) is 8.90. The quantitative estimate of drug-likeness (QED) is 0.589. The van der Waals surface area contributed by atoms with Crippen molar-refractivity contribution in [1.82, 2.24) is 0 Å². The van der Waals surface area contributed by atoms with E-state index in [0.29, 0.717) is 25.8 Å². The van der Waals surface area contributed by atoms with Crippen molar-refractivity contribution < 1.29 is 34.9 Å². The summed E-state index contributed by atoms with van der Waals surface area (Å²) in [6.07, 6.45) is -4.76. The van der Waals surface area contributed by atoms with Crippen molar-refractivity contribution in [3.8, 4) is 0 Å². The molecule has 0 spiro atoms. The number of quaternary nitrogens is 1. The maximum atomic E-state index is 13.4. The largest absolute Gasteiger partial charge is 0.469 e. The highest BCUT2D eigenvalue weighted by atomic mass is 32.2. The highest BCUT2D eigenvalue weighted by Gasteiger charge is 2.71. The van der Waals surface area contributed by atoms with Crippen LogP contribution in [0.2, 0.25) is 0 Å². The predicted octanol–water partition coefficient (Wildman–Crippen LogP) is 2.92. The van der Waals surface area contributed by atoms with E-state index in [-0.39, 0.29) is 17.4 Å². The van der Waals surface area contributed by atoms with Gasteiger partial charge in [-0.1, -0.05) is 6.92 Å². The second-order valence-corrected chi connectivity index (χ2v) is 7.58. The number of alkyl halides is 5. The molecule has 0 aliphatic carbocycles. The molecule has 1 aliphatic heterocycles.